The van der Waals surface area contributed by atoms with Crippen LogP contribution >= 0.6 is 11.3 Å². The zero-order valence-electron chi connectivity index (χ0n) is 26.9. The smallest absolute Gasteiger partial charge is 0.135 e. The molecule has 0 aliphatic carbocycles. The Morgan fingerprint density at radius 3 is 1.94 bits per heavy atom. The second kappa shape index (κ2) is 10.6. The Hall–Kier alpha value is -6.36. The van der Waals surface area contributed by atoms with Crippen molar-refractivity contribution < 1.29 is 4.42 Å². The van der Waals surface area contributed by atoms with Crippen LogP contribution < -0.4 is 4.90 Å². The molecule has 3 aromatic heterocycles. The number of nitrogens with zero attached hydrogens (tertiary/aromatic N) is 2. The number of aromatic nitrogens is 1. The monoisotopic (exact) mass is 656 g/mol. The van der Waals surface area contributed by atoms with Crippen molar-refractivity contribution >= 4 is 103 Å². The van der Waals surface area contributed by atoms with Crippen LogP contribution in [0, 0.1) is 0 Å². The molecule has 50 heavy (non-hydrogen) atoms. The number of fused-ring (bicyclic) bond motifs is 11. The summed E-state index contributed by atoms with van der Waals surface area (Å²) in [6.07, 6.45) is 0. The van der Waals surface area contributed by atoms with Gasteiger partial charge in [0.05, 0.1) is 16.7 Å². The highest BCUT2D eigenvalue weighted by atomic mass is 32.1. The van der Waals surface area contributed by atoms with Crippen molar-refractivity contribution in [2.75, 3.05) is 4.90 Å². The maximum Gasteiger partial charge on any atom is 0.135 e. The molecule has 0 unspecified atom stereocenters. The van der Waals surface area contributed by atoms with E-state index < -0.39 is 0 Å². The normalized spacial score (nSPS) is 12.0. The zero-order chi connectivity index (χ0) is 32.8. The second-order valence-corrected chi connectivity index (χ2v) is 14.0. The molecule has 0 aliphatic rings. The summed E-state index contributed by atoms with van der Waals surface area (Å²) in [5.41, 5.74) is 8.61. The van der Waals surface area contributed by atoms with E-state index in [9.17, 15) is 0 Å². The molecule has 0 N–H and O–H groups in total. The summed E-state index contributed by atoms with van der Waals surface area (Å²) in [4.78, 5) is 2.45. The average Bonchev–Trinajstić information content (AvgIpc) is 3.85. The van der Waals surface area contributed by atoms with Gasteiger partial charge in [-0.15, -0.1) is 11.3 Å². The lowest BCUT2D eigenvalue weighted by Gasteiger charge is -2.27. The lowest BCUT2D eigenvalue weighted by molar-refractivity contribution is 0.669. The molecule has 8 aromatic carbocycles. The first kappa shape index (κ1) is 27.6. The van der Waals surface area contributed by atoms with E-state index in [-0.39, 0.29) is 0 Å². The van der Waals surface area contributed by atoms with Crippen molar-refractivity contribution in [3.8, 4) is 5.69 Å². The number of thiophene rings is 1. The molecule has 3 heterocycles. The van der Waals surface area contributed by atoms with E-state index in [4.69, 9.17) is 4.42 Å². The number of hydrogen-bond acceptors (Lipinski definition) is 3. The molecule has 0 saturated heterocycles. The van der Waals surface area contributed by atoms with Gasteiger partial charge >= 0.3 is 0 Å². The lowest BCUT2D eigenvalue weighted by Crippen LogP contribution is -2.10. The molecule has 11 rings (SSSR count). The van der Waals surface area contributed by atoms with Crippen LogP contribution in [0.5, 0.6) is 0 Å². The molecule has 0 spiro atoms. The van der Waals surface area contributed by atoms with Crippen molar-refractivity contribution in [1.29, 1.82) is 0 Å². The highest BCUT2D eigenvalue weighted by Crippen LogP contribution is 2.48. The molecule has 0 amide bonds. The van der Waals surface area contributed by atoms with Gasteiger partial charge in [0.25, 0.3) is 0 Å². The van der Waals surface area contributed by atoms with Crippen molar-refractivity contribution in [2.45, 2.75) is 0 Å². The molecule has 0 saturated carbocycles. The Balaban J connectivity index is 1.26. The fraction of sp³-hybridized carbons (Fsp3) is 0. The first-order valence-electron chi connectivity index (χ1n) is 16.9. The molecular weight excluding hydrogens is 629 g/mol. The van der Waals surface area contributed by atoms with Gasteiger partial charge in [-0.2, -0.15) is 0 Å². The fourth-order valence-corrected chi connectivity index (χ4v) is 9.17. The van der Waals surface area contributed by atoms with Gasteiger partial charge in [-0.05, 0) is 66.7 Å². The maximum absolute atomic E-state index is 6.30. The van der Waals surface area contributed by atoms with E-state index in [1.807, 2.05) is 23.5 Å². The number of hydrogen-bond donors (Lipinski definition) is 0. The van der Waals surface area contributed by atoms with Gasteiger partial charge in [-0.1, -0.05) is 103 Å². The summed E-state index contributed by atoms with van der Waals surface area (Å²) in [7, 11) is 0. The van der Waals surface area contributed by atoms with E-state index in [2.05, 4.69) is 167 Å². The van der Waals surface area contributed by atoms with Gasteiger partial charge < -0.3 is 13.9 Å². The SMILES string of the molecule is c1ccc(-n2c3ccccc3c3ccc(N(c4ccc5oc6ccccc6c5c4)c4cc5c6ccccc6sc5c5ccccc45)cc32)cc1. The quantitative estimate of drug-likeness (QED) is 0.188. The minimum atomic E-state index is 0.888. The zero-order valence-corrected chi connectivity index (χ0v) is 27.7. The third-order valence-corrected chi connectivity index (χ3v) is 11.4. The third-order valence-electron chi connectivity index (χ3n) is 10.2. The summed E-state index contributed by atoms with van der Waals surface area (Å²) in [5, 5.41) is 9.74. The van der Waals surface area contributed by atoms with Crippen LogP contribution in [0.25, 0.3) is 80.4 Å². The Kier molecular flexibility index (Phi) is 5.83. The van der Waals surface area contributed by atoms with Gasteiger partial charge in [0.1, 0.15) is 11.2 Å². The molecule has 0 atom stereocenters. The molecule has 0 fully saturated rings. The van der Waals surface area contributed by atoms with Crippen molar-refractivity contribution in [1.82, 2.24) is 4.57 Å². The van der Waals surface area contributed by atoms with Gasteiger partial charge in [0.2, 0.25) is 0 Å². The van der Waals surface area contributed by atoms with Crippen molar-refractivity contribution in [3.05, 3.63) is 170 Å². The molecule has 3 nitrogen and oxygen atoms in total. The molecule has 4 heteroatoms. The second-order valence-electron chi connectivity index (χ2n) is 12.9. The minimum absolute atomic E-state index is 0.888. The summed E-state index contributed by atoms with van der Waals surface area (Å²) in [6.45, 7) is 0. The number of anilines is 3. The van der Waals surface area contributed by atoms with Crippen molar-refractivity contribution in [2.24, 2.45) is 0 Å². The van der Waals surface area contributed by atoms with E-state index >= 15 is 0 Å². The number of para-hydroxylation sites is 3. The maximum atomic E-state index is 6.30. The highest BCUT2D eigenvalue weighted by Gasteiger charge is 2.22. The Bertz CT molecular complexity index is 3110. The summed E-state index contributed by atoms with van der Waals surface area (Å²) in [6, 6.07) is 61.3. The van der Waals surface area contributed by atoms with E-state index in [1.165, 1.54) is 52.8 Å². The third kappa shape index (κ3) is 3.97. The summed E-state index contributed by atoms with van der Waals surface area (Å²) < 4.78 is 11.3. The van der Waals surface area contributed by atoms with Crippen LogP contribution in [0.3, 0.4) is 0 Å². The van der Waals surface area contributed by atoms with Crippen LogP contribution in [-0.2, 0) is 0 Å². The summed E-state index contributed by atoms with van der Waals surface area (Å²) >= 11 is 1.88. The molecular formula is C46H28N2OS. The molecule has 11 aromatic rings. The largest absolute Gasteiger partial charge is 0.456 e. The Labute approximate surface area is 291 Å². The first-order chi connectivity index (χ1) is 24.8. The molecule has 234 valence electrons. The highest BCUT2D eigenvalue weighted by molar-refractivity contribution is 7.26. The average molecular weight is 657 g/mol. The van der Waals surface area contributed by atoms with Crippen molar-refractivity contribution in [3.63, 3.8) is 0 Å². The summed E-state index contributed by atoms with van der Waals surface area (Å²) in [5.74, 6) is 0. The Morgan fingerprint density at radius 2 is 1.06 bits per heavy atom. The van der Waals surface area contributed by atoms with Crippen LogP contribution in [0.4, 0.5) is 17.1 Å². The van der Waals surface area contributed by atoms with Crippen LogP contribution in [0.2, 0.25) is 0 Å². The molecule has 0 bridgehead atoms. The number of rotatable bonds is 4. The van der Waals surface area contributed by atoms with E-state index in [0.29, 0.717) is 0 Å². The standard InChI is InChI=1S/C46H28N2OS/c1-2-12-29(13-3-1)48-40-19-9-6-14-32(40)34-24-22-31(27-41(34)48)47(30-23-25-44-38(26-30)35-16-7-10-20-43(35)49-44)42-28-39-36-17-8-11-21-45(36)50-46(39)37-18-5-4-15-33(37)42/h1-28H. The number of benzene rings is 8. The first-order valence-corrected chi connectivity index (χ1v) is 17.7. The minimum Gasteiger partial charge on any atom is -0.456 e. The van der Waals surface area contributed by atoms with Crippen LogP contribution in [-0.4, -0.2) is 4.57 Å². The predicted octanol–water partition coefficient (Wildman–Crippen LogP) is 13.7. The predicted molar refractivity (Wildman–Crippen MR) is 213 cm³/mol. The Morgan fingerprint density at radius 1 is 0.420 bits per heavy atom. The van der Waals surface area contributed by atoms with Crippen LogP contribution in [0.15, 0.2) is 174 Å². The lowest BCUT2D eigenvalue weighted by atomic mass is 10.0. The van der Waals surface area contributed by atoms with Gasteiger partial charge in [-0.3, -0.25) is 0 Å². The van der Waals surface area contributed by atoms with Gasteiger partial charge in [-0.25, -0.2) is 0 Å². The number of furan rings is 1. The van der Waals surface area contributed by atoms with Gasteiger partial charge in [0.15, 0.2) is 0 Å². The van der Waals surface area contributed by atoms with E-state index in [0.717, 1.165) is 44.7 Å². The van der Waals surface area contributed by atoms with E-state index in [1.54, 1.807) is 0 Å². The van der Waals surface area contributed by atoms with Crippen LogP contribution in [0.1, 0.15) is 0 Å². The molecule has 0 radical (unpaired) electrons. The topological polar surface area (TPSA) is 21.3 Å². The molecule has 0 aliphatic heterocycles. The van der Waals surface area contributed by atoms with Gasteiger partial charge in [0, 0.05) is 69.6 Å². The fourth-order valence-electron chi connectivity index (χ4n) is 7.95.